The molecule has 4 N–H and O–H groups in total. The minimum absolute atomic E-state index is 0.0552. The van der Waals surface area contributed by atoms with E-state index in [2.05, 4.69) is 21.2 Å². The van der Waals surface area contributed by atoms with Crippen LogP contribution in [0.25, 0.3) is 0 Å². The maximum Gasteiger partial charge on any atom is 0.407 e. The largest absolute Gasteiger partial charge is 0.444 e. The number of aliphatic hydroxyl groups excluding tert-OH is 1. The van der Waals surface area contributed by atoms with Crippen molar-refractivity contribution in [2.45, 2.75) is 26.4 Å². The number of rotatable bonds is 21. The van der Waals surface area contributed by atoms with Crippen LogP contribution in [0.3, 0.4) is 0 Å². The molecule has 0 saturated heterocycles. The number of ether oxygens (including phenoxy) is 7. The van der Waals surface area contributed by atoms with Crippen LogP contribution in [0.5, 0.6) is 0 Å². The van der Waals surface area contributed by atoms with Gasteiger partial charge in [0.2, 0.25) is 0 Å². The number of hydrogen-bond acceptors (Lipinski definition) is 10. The van der Waals surface area contributed by atoms with Crippen molar-refractivity contribution in [2.75, 3.05) is 104 Å². The van der Waals surface area contributed by atoms with Gasteiger partial charge < -0.3 is 49.3 Å². The average Bonchev–Trinajstić information content (AvgIpc) is 2.75. The van der Waals surface area contributed by atoms with Crippen LogP contribution in [-0.4, -0.2) is 121 Å². The Balaban J connectivity index is 0. The fraction of sp³-hybridized carbons (Fsp3) is 0.952. The van der Waals surface area contributed by atoms with Gasteiger partial charge in [-0.1, -0.05) is 15.9 Å². The Hall–Kier alpha value is -0.570. The molecule has 0 aromatic heterocycles. The first-order valence-electron chi connectivity index (χ1n) is 11.2. The first kappa shape index (κ1) is 34.6. The number of hydrogen-bond donors (Lipinski definition) is 3. The Bertz CT molecular complexity index is 392. The predicted octanol–water partition coefficient (Wildman–Crippen LogP) is 0.943. The second-order valence-corrected chi connectivity index (χ2v) is 8.10. The summed E-state index contributed by atoms with van der Waals surface area (Å²) >= 11 is 3.27. The van der Waals surface area contributed by atoms with Crippen molar-refractivity contribution in [3.05, 3.63) is 0 Å². The summed E-state index contributed by atoms with van der Waals surface area (Å²) in [5.74, 6) is 0. The number of nitrogens with one attached hydrogen (secondary N) is 1. The lowest BCUT2D eigenvalue weighted by molar-refractivity contribution is 0.00888. The molecular formula is C21H45BrN2O9. The average molecular weight is 550 g/mol. The minimum Gasteiger partial charge on any atom is -0.444 e. The van der Waals surface area contributed by atoms with Crippen LogP contribution < -0.4 is 11.1 Å². The smallest absolute Gasteiger partial charge is 0.407 e. The normalized spacial score (nSPS) is 11.1. The second kappa shape index (κ2) is 27.7. The summed E-state index contributed by atoms with van der Waals surface area (Å²) in [6.45, 7) is 12.9. The number of carbonyl (C=O) groups excluding carboxylic acids is 1. The summed E-state index contributed by atoms with van der Waals surface area (Å²) in [7, 11) is 0. The van der Waals surface area contributed by atoms with E-state index >= 15 is 0 Å². The van der Waals surface area contributed by atoms with Gasteiger partial charge in [0.1, 0.15) is 5.60 Å². The maximum atomic E-state index is 11.3. The van der Waals surface area contributed by atoms with Gasteiger partial charge in [0.25, 0.3) is 0 Å². The quantitative estimate of drug-likeness (QED) is 0.140. The number of nitrogens with two attached hydrogens (primary N) is 1. The highest BCUT2D eigenvalue weighted by atomic mass is 79.9. The van der Waals surface area contributed by atoms with E-state index in [0.717, 1.165) is 5.33 Å². The topological polar surface area (TPSA) is 140 Å². The molecule has 33 heavy (non-hydrogen) atoms. The Morgan fingerprint density at radius 2 is 1.18 bits per heavy atom. The van der Waals surface area contributed by atoms with E-state index in [1.54, 1.807) is 0 Å². The van der Waals surface area contributed by atoms with E-state index in [4.69, 9.17) is 44.0 Å². The SMILES string of the molecule is CC(C)(C)OC(=O)NCCOCCOCCOCCBr.NCCOCCOCCOCCO. The van der Waals surface area contributed by atoms with Gasteiger partial charge in [-0.25, -0.2) is 4.79 Å². The second-order valence-electron chi connectivity index (χ2n) is 7.30. The van der Waals surface area contributed by atoms with E-state index < -0.39 is 11.7 Å². The third-order valence-corrected chi connectivity index (χ3v) is 3.45. The van der Waals surface area contributed by atoms with Crippen molar-refractivity contribution in [3.8, 4) is 0 Å². The van der Waals surface area contributed by atoms with Gasteiger partial charge >= 0.3 is 6.09 Å². The number of aliphatic hydroxyl groups is 1. The van der Waals surface area contributed by atoms with Crippen molar-refractivity contribution in [1.82, 2.24) is 5.32 Å². The lowest BCUT2D eigenvalue weighted by atomic mass is 10.2. The molecule has 0 bridgehead atoms. The molecule has 0 rings (SSSR count). The lowest BCUT2D eigenvalue weighted by Gasteiger charge is -2.19. The summed E-state index contributed by atoms with van der Waals surface area (Å²) in [6.07, 6.45) is -0.429. The van der Waals surface area contributed by atoms with Crippen LogP contribution in [0.4, 0.5) is 4.79 Å². The van der Waals surface area contributed by atoms with Crippen LogP contribution >= 0.6 is 15.9 Å². The summed E-state index contributed by atoms with van der Waals surface area (Å²) in [6, 6.07) is 0. The van der Waals surface area contributed by atoms with Gasteiger partial charge in [0.05, 0.1) is 85.9 Å². The summed E-state index contributed by atoms with van der Waals surface area (Å²) in [5.41, 5.74) is 4.74. The third kappa shape index (κ3) is 36.2. The Morgan fingerprint density at radius 3 is 1.61 bits per heavy atom. The molecule has 0 aliphatic heterocycles. The molecule has 11 nitrogen and oxygen atoms in total. The highest BCUT2D eigenvalue weighted by Crippen LogP contribution is 2.05. The summed E-state index contributed by atoms with van der Waals surface area (Å²) in [5, 5.41) is 11.8. The van der Waals surface area contributed by atoms with Gasteiger partial charge in [0, 0.05) is 18.4 Å². The van der Waals surface area contributed by atoms with Crippen LogP contribution in [-0.2, 0) is 33.2 Å². The van der Waals surface area contributed by atoms with Gasteiger partial charge in [-0.2, -0.15) is 0 Å². The monoisotopic (exact) mass is 548 g/mol. The van der Waals surface area contributed by atoms with E-state index in [1.165, 1.54) is 0 Å². The van der Waals surface area contributed by atoms with Gasteiger partial charge in [-0.3, -0.25) is 0 Å². The fourth-order valence-electron chi connectivity index (χ4n) is 1.83. The summed E-state index contributed by atoms with van der Waals surface area (Å²) in [4.78, 5) is 11.3. The van der Waals surface area contributed by atoms with Crippen molar-refractivity contribution in [1.29, 1.82) is 0 Å². The van der Waals surface area contributed by atoms with Crippen LogP contribution in [0.15, 0.2) is 0 Å². The zero-order valence-corrected chi connectivity index (χ0v) is 22.1. The number of alkyl halides is 1. The van der Waals surface area contributed by atoms with Crippen LogP contribution in [0.2, 0.25) is 0 Å². The number of amides is 1. The Kier molecular flexibility index (Phi) is 29.0. The maximum absolute atomic E-state index is 11.3. The molecule has 0 aromatic rings. The molecule has 0 aromatic carbocycles. The third-order valence-electron chi connectivity index (χ3n) is 3.12. The molecule has 0 fully saturated rings. The fourth-order valence-corrected chi connectivity index (χ4v) is 2.05. The highest BCUT2D eigenvalue weighted by Gasteiger charge is 2.15. The molecule has 0 saturated carbocycles. The van der Waals surface area contributed by atoms with Crippen molar-refractivity contribution in [2.24, 2.45) is 5.73 Å². The molecule has 200 valence electrons. The molecule has 1 amide bonds. The van der Waals surface area contributed by atoms with E-state index in [-0.39, 0.29) is 6.61 Å². The standard InChI is InChI=1S/C13H26BrNO5.C8H19NO4/c1-13(2,3)20-12(16)15-5-7-18-9-11-19-10-8-17-6-4-14;9-1-3-11-5-7-13-8-6-12-4-2-10/h4-11H2,1-3H3,(H,15,16);10H,1-9H2. The molecule has 0 aliphatic carbocycles. The first-order chi connectivity index (χ1) is 15.9. The number of alkyl carbamates (subject to hydrolysis) is 1. The number of carbonyl (C=O) groups is 1. The zero-order valence-electron chi connectivity index (χ0n) is 20.5. The van der Waals surface area contributed by atoms with Gasteiger partial charge in [-0.05, 0) is 20.8 Å². The van der Waals surface area contributed by atoms with Crippen molar-refractivity contribution in [3.63, 3.8) is 0 Å². The first-order valence-corrected chi connectivity index (χ1v) is 12.3. The molecule has 0 radical (unpaired) electrons. The zero-order chi connectivity index (χ0) is 25.0. The van der Waals surface area contributed by atoms with Crippen LogP contribution in [0.1, 0.15) is 20.8 Å². The molecule has 12 heteroatoms. The van der Waals surface area contributed by atoms with Gasteiger partial charge in [0.15, 0.2) is 0 Å². The molecular weight excluding hydrogens is 504 g/mol. The molecule has 0 heterocycles. The van der Waals surface area contributed by atoms with E-state index in [9.17, 15) is 4.79 Å². The van der Waals surface area contributed by atoms with Crippen molar-refractivity contribution < 1.29 is 43.1 Å². The van der Waals surface area contributed by atoms with Crippen molar-refractivity contribution >= 4 is 22.0 Å². The highest BCUT2D eigenvalue weighted by molar-refractivity contribution is 9.09. The summed E-state index contributed by atoms with van der Waals surface area (Å²) < 4.78 is 36.1. The van der Waals surface area contributed by atoms with E-state index in [0.29, 0.717) is 92.4 Å². The van der Waals surface area contributed by atoms with Crippen LogP contribution in [0, 0.1) is 0 Å². The molecule has 0 unspecified atom stereocenters. The minimum atomic E-state index is -0.477. The lowest BCUT2D eigenvalue weighted by Crippen LogP contribution is -2.34. The Labute approximate surface area is 207 Å². The molecule has 0 atom stereocenters. The van der Waals surface area contributed by atoms with E-state index in [1.807, 2.05) is 20.8 Å². The molecule has 0 spiro atoms. The predicted molar refractivity (Wildman–Crippen MR) is 129 cm³/mol. The van der Waals surface area contributed by atoms with Gasteiger partial charge in [-0.15, -0.1) is 0 Å². The molecule has 0 aliphatic rings. The number of halogens is 1. The Morgan fingerprint density at radius 1 is 0.758 bits per heavy atom.